The van der Waals surface area contributed by atoms with Crippen LogP contribution >= 0.6 is 23.8 Å². The van der Waals surface area contributed by atoms with Crippen molar-refractivity contribution >= 4 is 29.7 Å². The number of benzene rings is 1. The third-order valence-electron chi connectivity index (χ3n) is 2.49. The van der Waals surface area contributed by atoms with E-state index in [4.69, 9.17) is 28.7 Å². The van der Waals surface area contributed by atoms with Crippen LogP contribution in [0.15, 0.2) is 24.3 Å². The number of hydrogen-bond acceptors (Lipinski definition) is 4. The summed E-state index contributed by atoms with van der Waals surface area (Å²) in [4.78, 5) is 16.5. The van der Waals surface area contributed by atoms with Crippen LogP contribution in [0.2, 0.25) is 5.02 Å². The van der Waals surface area contributed by atoms with Gasteiger partial charge in [0.1, 0.15) is 6.54 Å². The van der Waals surface area contributed by atoms with E-state index in [9.17, 15) is 4.79 Å². The average Bonchev–Trinajstić information content (AvgIpc) is 2.79. The Balaban J connectivity index is 2.25. The first kappa shape index (κ1) is 14.7. The van der Waals surface area contributed by atoms with Crippen LogP contribution in [0.25, 0.3) is 11.4 Å². The molecule has 0 bridgehead atoms. The summed E-state index contributed by atoms with van der Waals surface area (Å²) in [5, 5.41) is 7.43. The molecule has 0 saturated heterocycles. The molecule has 0 unspecified atom stereocenters. The van der Waals surface area contributed by atoms with Crippen LogP contribution in [0.5, 0.6) is 0 Å². The van der Waals surface area contributed by atoms with E-state index in [1.54, 1.807) is 23.6 Å². The maximum atomic E-state index is 11.7. The smallest absolute Gasteiger partial charge is 0.263 e. The normalized spacial score (nSPS) is 10.5. The molecule has 20 heavy (non-hydrogen) atoms. The van der Waals surface area contributed by atoms with Gasteiger partial charge in [0.25, 0.3) is 5.91 Å². The third-order valence-corrected chi connectivity index (χ3v) is 3.06. The fraction of sp³-hybridized carbons (Fsp3) is 0.250. The molecule has 2 rings (SSSR count). The van der Waals surface area contributed by atoms with Crippen LogP contribution < -0.4 is 5.48 Å². The molecular formula is C12H13ClN4O2S. The Morgan fingerprint density at radius 3 is 2.85 bits per heavy atom. The number of carbonyl (C=O) groups is 1. The van der Waals surface area contributed by atoms with Crippen molar-refractivity contribution in [3.05, 3.63) is 34.1 Å². The standard InChI is InChI=1S/C12H13ClN4O2S/c1-2-19-16-10(18)7-17-11(14-15-12(17)20)8-3-5-9(13)6-4-8/h3-6H,2,7H2,1H3,(H,15,20)(H,16,18). The van der Waals surface area contributed by atoms with Crippen molar-refractivity contribution in [3.63, 3.8) is 0 Å². The molecule has 0 saturated carbocycles. The van der Waals surface area contributed by atoms with Crippen molar-refractivity contribution < 1.29 is 9.63 Å². The maximum absolute atomic E-state index is 11.7. The molecule has 6 nitrogen and oxygen atoms in total. The molecule has 0 aliphatic heterocycles. The van der Waals surface area contributed by atoms with Gasteiger partial charge >= 0.3 is 0 Å². The van der Waals surface area contributed by atoms with Gasteiger partial charge in [0, 0.05) is 10.6 Å². The van der Waals surface area contributed by atoms with Crippen molar-refractivity contribution in [2.75, 3.05) is 6.61 Å². The predicted octanol–water partition coefficient (Wildman–Crippen LogP) is 2.33. The van der Waals surface area contributed by atoms with E-state index in [0.717, 1.165) is 5.56 Å². The SMILES string of the molecule is CCONC(=O)Cn1c(-c2ccc(Cl)cc2)n[nH]c1=S. The molecular weight excluding hydrogens is 300 g/mol. The lowest BCUT2D eigenvalue weighted by atomic mass is 10.2. The van der Waals surface area contributed by atoms with Crippen molar-refractivity contribution in [2.24, 2.45) is 0 Å². The van der Waals surface area contributed by atoms with Crippen LogP contribution in [0, 0.1) is 4.77 Å². The molecule has 1 aromatic carbocycles. The Kier molecular flexibility index (Phi) is 4.89. The summed E-state index contributed by atoms with van der Waals surface area (Å²) in [5.41, 5.74) is 3.13. The van der Waals surface area contributed by atoms with Gasteiger partial charge in [-0.25, -0.2) is 5.48 Å². The average molecular weight is 313 g/mol. The Labute approximate surface area is 125 Å². The fourth-order valence-electron chi connectivity index (χ4n) is 1.61. The first-order valence-electron chi connectivity index (χ1n) is 5.93. The molecule has 2 N–H and O–H groups in total. The zero-order chi connectivity index (χ0) is 14.5. The first-order valence-corrected chi connectivity index (χ1v) is 6.72. The van der Waals surface area contributed by atoms with Gasteiger partial charge in [0.2, 0.25) is 0 Å². The fourth-order valence-corrected chi connectivity index (χ4v) is 1.93. The Bertz CT molecular complexity index is 650. The highest BCUT2D eigenvalue weighted by atomic mass is 35.5. The molecule has 2 aromatic rings. The zero-order valence-corrected chi connectivity index (χ0v) is 12.3. The molecule has 0 atom stereocenters. The summed E-state index contributed by atoms with van der Waals surface area (Å²) in [7, 11) is 0. The zero-order valence-electron chi connectivity index (χ0n) is 10.7. The second kappa shape index (κ2) is 6.65. The molecule has 0 aliphatic rings. The number of amides is 1. The number of hydrogen-bond donors (Lipinski definition) is 2. The van der Waals surface area contributed by atoms with Crippen molar-refractivity contribution in [1.29, 1.82) is 0 Å². The van der Waals surface area contributed by atoms with E-state index in [1.807, 2.05) is 12.1 Å². The number of nitrogens with zero attached hydrogens (tertiary/aromatic N) is 2. The van der Waals surface area contributed by atoms with E-state index in [2.05, 4.69) is 15.7 Å². The quantitative estimate of drug-likeness (QED) is 0.656. The number of carbonyl (C=O) groups excluding carboxylic acids is 1. The van der Waals surface area contributed by atoms with Crippen LogP contribution in [-0.4, -0.2) is 27.3 Å². The van der Waals surface area contributed by atoms with Gasteiger partial charge in [-0.15, -0.1) is 0 Å². The van der Waals surface area contributed by atoms with E-state index in [0.29, 0.717) is 22.2 Å². The van der Waals surface area contributed by atoms with Gasteiger partial charge in [-0.1, -0.05) is 11.6 Å². The number of aromatic nitrogens is 3. The molecule has 0 fully saturated rings. The van der Waals surface area contributed by atoms with Gasteiger partial charge in [0.15, 0.2) is 10.6 Å². The highest BCUT2D eigenvalue weighted by Crippen LogP contribution is 2.19. The van der Waals surface area contributed by atoms with Gasteiger partial charge in [0.05, 0.1) is 6.61 Å². The molecule has 106 valence electrons. The van der Waals surface area contributed by atoms with Crippen LogP contribution in [-0.2, 0) is 16.2 Å². The second-order valence-corrected chi connectivity index (χ2v) is 4.73. The molecule has 1 amide bonds. The van der Waals surface area contributed by atoms with Crippen molar-refractivity contribution in [2.45, 2.75) is 13.5 Å². The Morgan fingerprint density at radius 2 is 2.20 bits per heavy atom. The highest BCUT2D eigenvalue weighted by Gasteiger charge is 2.12. The van der Waals surface area contributed by atoms with Crippen LogP contribution in [0.4, 0.5) is 0 Å². The summed E-state index contributed by atoms with van der Waals surface area (Å²) in [6.07, 6.45) is 0. The minimum absolute atomic E-state index is 0.0211. The first-order chi connectivity index (χ1) is 9.61. The number of hydroxylamine groups is 1. The number of H-pyrrole nitrogens is 1. The van der Waals surface area contributed by atoms with Gasteiger partial charge < -0.3 is 0 Å². The minimum atomic E-state index is -0.306. The van der Waals surface area contributed by atoms with E-state index in [-0.39, 0.29) is 12.5 Å². The number of aromatic amines is 1. The van der Waals surface area contributed by atoms with Gasteiger partial charge in [-0.05, 0) is 43.4 Å². The Hall–Kier alpha value is -1.70. The summed E-state index contributed by atoms with van der Waals surface area (Å²) in [6, 6.07) is 7.12. The largest absolute Gasteiger partial charge is 0.291 e. The number of rotatable bonds is 5. The Morgan fingerprint density at radius 1 is 1.50 bits per heavy atom. The molecule has 0 aliphatic carbocycles. The van der Waals surface area contributed by atoms with Crippen LogP contribution in [0.3, 0.4) is 0 Å². The minimum Gasteiger partial charge on any atom is -0.291 e. The maximum Gasteiger partial charge on any atom is 0.263 e. The van der Waals surface area contributed by atoms with Gasteiger partial charge in [-0.2, -0.15) is 5.10 Å². The summed E-state index contributed by atoms with van der Waals surface area (Å²) in [5.74, 6) is 0.262. The molecule has 8 heteroatoms. The summed E-state index contributed by atoms with van der Waals surface area (Å²) >= 11 is 11.0. The van der Waals surface area contributed by atoms with Gasteiger partial charge in [-0.3, -0.25) is 19.3 Å². The third kappa shape index (κ3) is 3.44. The molecule has 1 aromatic heterocycles. The lowest BCUT2D eigenvalue weighted by molar-refractivity contribution is -0.133. The van der Waals surface area contributed by atoms with E-state index < -0.39 is 0 Å². The molecule has 0 radical (unpaired) electrons. The van der Waals surface area contributed by atoms with E-state index >= 15 is 0 Å². The number of halogens is 1. The topological polar surface area (TPSA) is 71.9 Å². The molecule has 0 spiro atoms. The lowest BCUT2D eigenvalue weighted by Crippen LogP contribution is -2.28. The second-order valence-electron chi connectivity index (χ2n) is 3.90. The predicted molar refractivity (Wildman–Crippen MR) is 77.6 cm³/mol. The summed E-state index contributed by atoms with van der Waals surface area (Å²) in [6.45, 7) is 2.20. The molecule has 1 heterocycles. The van der Waals surface area contributed by atoms with Crippen LogP contribution in [0.1, 0.15) is 6.92 Å². The lowest BCUT2D eigenvalue weighted by Gasteiger charge is -2.07. The number of nitrogens with one attached hydrogen (secondary N) is 2. The monoisotopic (exact) mass is 312 g/mol. The van der Waals surface area contributed by atoms with E-state index in [1.165, 1.54) is 0 Å². The van der Waals surface area contributed by atoms with Crippen molar-refractivity contribution in [1.82, 2.24) is 20.2 Å². The summed E-state index contributed by atoms with van der Waals surface area (Å²) < 4.78 is 1.95. The highest BCUT2D eigenvalue weighted by molar-refractivity contribution is 7.71. The van der Waals surface area contributed by atoms with Crippen molar-refractivity contribution in [3.8, 4) is 11.4 Å².